The Morgan fingerprint density at radius 1 is 1.24 bits per heavy atom. The lowest BCUT2D eigenvalue weighted by Crippen LogP contribution is -2.43. The molecular formula is C16H21F2NO2. The molecule has 0 spiro atoms. The fraction of sp³-hybridized carbons (Fsp3) is 0.562. The maximum absolute atomic E-state index is 13.9. The van der Waals surface area contributed by atoms with E-state index < -0.39 is 28.7 Å². The number of rotatable bonds is 3. The van der Waals surface area contributed by atoms with Crippen LogP contribution in [0.4, 0.5) is 8.78 Å². The summed E-state index contributed by atoms with van der Waals surface area (Å²) in [6, 6.07) is 2.37. The third-order valence-corrected chi connectivity index (χ3v) is 4.12. The standard InChI is InChI=1S/C16H21F2NO2/c1-11-6-7-12(17)13(14(11)18)15(20)19-10-16(21)8-4-2-3-5-9-16/h6-7,21H,2-5,8-10H2,1H3,(H,19,20). The lowest BCUT2D eigenvalue weighted by Gasteiger charge is -2.26. The molecule has 0 bridgehead atoms. The molecule has 0 saturated heterocycles. The second kappa shape index (κ2) is 6.52. The molecule has 3 nitrogen and oxygen atoms in total. The van der Waals surface area contributed by atoms with E-state index >= 15 is 0 Å². The molecule has 1 aliphatic carbocycles. The van der Waals surface area contributed by atoms with Gasteiger partial charge in [0.15, 0.2) is 0 Å². The summed E-state index contributed by atoms with van der Waals surface area (Å²) in [6.45, 7) is 1.50. The Labute approximate surface area is 123 Å². The number of hydrogen-bond acceptors (Lipinski definition) is 2. The van der Waals surface area contributed by atoms with E-state index in [-0.39, 0.29) is 12.1 Å². The van der Waals surface area contributed by atoms with Crippen molar-refractivity contribution >= 4 is 5.91 Å². The lowest BCUT2D eigenvalue weighted by atomic mass is 9.94. The SMILES string of the molecule is Cc1ccc(F)c(C(=O)NCC2(O)CCCCCC2)c1F. The van der Waals surface area contributed by atoms with E-state index in [4.69, 9.17) is 0 Å². The molecule has 2 N–H and O–H groups in total. The van der Waals surface area contributed by atoms with Gasteiger partial charge >= 0.3 is 0 Å². The Kier molecular flexibility index (Phi) is 4.93. The highest BCUT2D eigenvalue weighted by atomic mass is 19.1. The van der Waals surface area contributed by atoms with Crippen LogP contribution in [0.2, 0.25) is 0 Å². The lowest BCUT2D eigenvalue weighted by molar-refractivity contribution is 0.0245. The van der Waals surface area contributed by atoms with Crippen molar-refractivity contribution in [2.45, 2.75) is 51.0 Å². The van der Waals surface area contributed by atoms with Gasteiger partial charge in [-0.2, -0.15) is 0 Å². The normalized spacial score (nSPS) is 18.1. The predicted molar refractivity (Wildman–Crippen MR) is 76.1 cm³/mol. The van der Waals surface area contributed by atoms with Gasteiger partial charge in [0.1, 0.15) is 17.2 Å². The van der Waals surface area contributed by atoms with Crippen molar-refractivity contribution in [2.75, 3.05) is 6.54 Å². The van der Waals surface area contributed by atoms with E-state index in [1.807, 2.05) is 0 Å². The fourth-order valence-electron chi connectivity index (χ4n) is 2.76. The number of amides is 1. The minimum Gasteiger partial charge on any atom is -0.388 e. The van der Waals surface area contributed by atoms with E-state index in [2.05, 4.69) is 5.32 Å². The molecule has 0 unspecified atom stereocenters. The van der Waals surface area contributed by atoms with Gasteiger partial charge in [0.25, 0.3) is 5.91 Å². The van der Waals surface area contributed by atoms with Gasteiger partial charge in [-0.25, -0.2) is 8.78 Å². The van der Waals surface area contributed by atoms with Gasteiger partial charge in [-0.15, -0.1) is 0 Å². The number of carbonyl (C=O) groups is 1. The summed E-state index contributed by atoms with van der Waals surface area (Å²) in [5, 5.41) is 12.9. The van der Waals surface area contributed by atoms with Crippen LogP contribution in [0.1, 0.15) is 54.4 Å². The number of carbonyl (C=O) groups excluding carboxylic acids is 1. The van der Waals surface area contributed by atoms with Gasteiger partial charge in [0, 0.05) is 6.54 Å². The average molecular weight is 297 g/mol. The molecule has 2 rings (SSSR count). The number of halogens is 2. The number of aliphatic hydroxyl groups is 1. The highest BCUT2D eigenvalue weighted by Gasteiger charge is 2.29. The molecule has 21 heavy (non-hydrogen) atoms. The number of aryl methyl sites for hydroxylation is 1. The molecule has 0 atom stereocenters. The third-order valence-electron chi connectivity index (χ3n) is 4.12. The molecule has 1 aliphatic rings. The van der Waals surface area contributed by atoms with Crippen molar-refractivity contribution in [2.24, 2.45) is 0 Å². The van der Waals surface area contributed by atoms with E-state index in [9.17, 15) is 18.7 Å². The maximum Gasteiger partial charge on any atom is 0.257 e. The van der Waals surface area contributed by atoms with Crippen molar-refractivity contribution < 1.29 is 18.7 Å². The fourth-order valence-corrected chi connectivity index (χ4v) is 2.76. The summed E-state index contributed by atoms with van der Waals surface area (Å²) in [5.41, 5.74) is -1.33. The average Bonchev–Trinajstić information content (AvgIpc) is 2.67. The summed E-state index contributed by atoms with van der Waals surface area (Å²) < 4.78 is 27.5. The van der Waals surface area contributed by atoms with Crippen LogP contribution in [-0.4, -0.2) is 23.2 Å². The Balaban J connectivity index is 2.06. The van der Waals surface area contributed by atoms with Gasteiger partial charge in [0.2, 0.25) is 0 Å². The predicted octanol–water partition coefficient (Wildman–Crippen LogP) is 3.09. The van der Waals surface area contributed by atoms with Crippen molar-refractivity contribution in [1.29, 1.82) is 0 Å². The topological polar surface area (TPSA) is 49.3 Å². The Bertz CT molecular complexity index is 523. The zero-order valence-electron chi connectivity index (χ0n) is 12.2. The van der Waals surface area contributed by atoms with E-state index in [0.29, 0.717) is 12.8 Å². The quantitative estimate of drug-likeness (QED) is 0.842. The molecular weight excluding hydrogens is 276 g/mol. The molecule has 5 heteroatoms. The molecule has 0 heterocycles. The van der Waals surface area contributed by atoms with Crippen LogP contribution in [0, 0.1) is 18.6 Å². The van der Waals surface area contributed by atoms with Crippen molar-refractivity contribution in [3.05, 3.63) is 34.9 Å². The highest BCUT2D eigenvalue weighted by molar-refractivity contribution is 5.95. The molecule has 1 fully saturated rings. The van der Waals surface area contributed by atoms with Crippen molar-refractivity contribution in [1.82, 2.24) is 5.32 Å². The first-order valence-corrected chi connectivity index (χ1v) is 7.38. The van der Waals surface area contributed by atoms with Crippen LogP contribution in [0.25, 0.3) is 0 Å². The van der Waals surface area contributed by atoms with Crippen molar-refractivity contribution in [3.63, 3.8) is 0 Å². The van der Waals surface area contributed by atoms with Gasteiger partial charge < -0.3 is 10.4 Å². The second-order valence-electron chi connectivity index (χ2n) is 5.87. The Morgan fingerprint density at radius 3 is 2.48 bits per heavy atom. The summed E-state index contributed by atoms with van der Waals surface area (Å²) in [5.74, 6) is -2.55. The van der Waals surface area contributed by atoms with Crippen LogP contribution < -0.4 is 5.32 Å². The summed E-state index contributed by atoms with van der Waals surface area (Å²) in [6.07, 6.45) is 5.14. The first kappa shape index (κ1) is 15.9. The van der Waals surface area contributed by atoms with Gasteiger partial charge in [-0.1, -0.05) is 31.7 Å². The molecule has 0 radical (unpaired) electrons. The second-order valence-corrected chi connectivity index (χ2v) is 5.87. The van der Waals surface area contributed by atoms with Crippen molar-refractivity contribution in [3.8, 4) is 0 Å². The number of benzene rings is 1. The maximum atomic E-state index is 13.9. The zero-order chi connectivity index (χ0) is 15.5. The van der Waals surface area contributed by atoms with Gasteiger partial charge in [0.05, 0.1) is 5.60 Å². The Hall–Kier alpha value is -1.49. The molecule has 0 aromatic heterocycles. The van der Waals surface area contributed by atoms with Crippen LogP contribution >= 0.6 is 0 Å². The van der Waals surface area contributed by atoms with Gasteiger partial charge in [-0.05, 0) is 31.4 Å². The monoisotopic (exact) mass is 297 g/mol. The van der Waals surface area contributed by atoms with Crippen LogP contribution in [0.5, 0.6) is 0 Å². The largest absolute Gasteiger partial charge is 0.388 e. The highest BCUT2D eigenvalue weighted by Crippen LogP contribution is 2.26. The first-order valence-electron chi connectivity index (χ1n) is 7.38. The molecule has 1 saturated carbocycles. The van der Waals surface area contributed by atoms with E-state index in [0.717, 1.165) is 31.7 Å². The zero-order valence-corrected chi connectivity index (χ0v) is 12.2. The van der Waals surface area contributed by atoms with Gasteiger partial charge in [-0.3, -0.25) is 4.79 Å². The summed E-state index contributed by atoms with van der Waals surface area (Å²) in [4.78, 5) is 12.0. The number of hydrogen-bond donors (Lipinski definition) is 2. The van der Waals surface area contributed by atoms with Crippen LogP contribution in [0.15, 0.2) is 12.1 Å². The van der Waals surface area contributed by atoms with E-state index in [1.165, 1.54) is 13.0 Å². The molecule has 1 aromatic rings. The molecule has 1 amide bonds. The van der Waals surface area contributed by atoms with Crippen LogP contribution in [0.3, 0.4) is 0 Å². The van der Waals surface area contributed by atoms with E-state index in [1.54, 1.807) is 0 Å². The third kappa shape index (κ3) is 3.79. The minimum atomic E-state index is -0.969. The summed E-state index contributed by atoms with van der Waals surface area (Å²) in [7, 11) is 0. The first-order chi connectivity index (χ1) is 9.93. The van der Waals surface area contributed by atoms with Crippen LogP contribution in [-0.2, 0) is 0 Å². The minimum absolute atomic E-state index is 0.0264. The molecule has 1 aromatic carbocycles. The molecule has 0 aliphatic heterocycles. The summed E-state index contributed by atoms with van der Waals surface area (Å²) >= 11 is 0. The smallest absolute Gasteiger partial charge is 0.257 e. The number of nitrogens with one attached hydrogen (secondary N) is 1. The Morgan fingerprint density at radius 2 is 1.86 bits per heavy atom. The molecule has 116 valence electrons.